The second kappa shape index (κ2) is 11.6. The van der Waals surface area contributed by atoms with E-state index in [0.717, 1.165) is 11.8 Å². The third-order valence-corrected chi connectivity index (χ3v) is 4.64. The molecule has 4 N–H and O–H groups in total. The zero-order valence-corrected chi connectivity index (χ0v) is 17.5. The van der Waals surface area contributed by atoms with E-state index in [2.05, 4.69) is 21.5 Å². The third kappa shape index (κ3) is 7.56. The fourth-order valence-electron chi connectivity index (χ4n) is 2.16. The molecule has 2 rings (SSSR count). The number of hydrogen-bond acceptors (Lipinski definition) is 7. The summed E-state index contributed by atoms with van der Waals surface area (Å²) in [6, 6.07) is 12.8. The van der Waals surface area contributed by atoms with Gasteiger partial charge in [0.15, 0.2) is 5.11 Å². The molecule has 0 aromatic heterocycles. The molecule has 0 saturated heterocycles. The number of benzene rings is 2. The number of para-hydroxylation sites is 2. The summed E-state index contributed by atoms with van der Waals surface area (Å²) in [7, 11) is 1.55. The topological polar surface area (TPSA) is 135 Å². The van der Waals surface area contributed by atoms with Crippen molar-refractivity contribution in [2.24, 2.45) is 0 Å². The Bertz CT molecular complexity index is 923. The Morgan fingerprint density at radius 2 is 1.70 bits per heavy atom. The molecule has 0 spiro atoms. The highest BCUT2D eigenvalue weighted by Gasteiger charge is 2.13. The van der Waals surface area contributed by atoms with Crippen LogP contribution in [0.2, 0.25) is 0 Å². The smallest absolute Gasteiger partial charge is 0.292 e. The molecule has 0 aliphatic carbocycles. The molecule has 0 saturated carbocycles. The van der Waals surface area contributed by atoms with Gasteiger partial charge in [-0.3, -0.25) is 30.6 Å². The maximum Gasteiger partial charge on any atom is 0.292 e. The number of carbonyl (C=O) groups excluding carboxylic acids is 2. The molecule has 0 unspecified atom stereocenters. The van der Waals surface area contributed by atoms with E-state index in [-0.39, 0.29) is 33.9 Å². The number of methoxy groups -OCH3 is 1. The van der Waals surface area contributed by atoms with Gasteiger partial charge in [0, 0.05) is 11.8 Å². The van der Waals surface area contributed by atoms with Crippen LogP contribution in [0.25, 0.3) is 0 Å². The van der Waals surface area contributed by atoms with Crippen LogP contribution in [0.1, 0.15) is 0 Å². The average Bonchev–Trinajstić information content (AvgIpc) is 2.73. The largest absolute Gasteiger partial charge is 0.497 e. The van der Waals surface area contributed by atoms with E-state index < -0.39 is 10.8 Å². The van der Waals surface area contributed by atoms with E-state index in [9.17, 15) is 19.7 Å². The molecule has 2 aromatic rings. The first kappa shape index (κ1) is 22.9. The molecular weight excluding hydrogens is 430 g/mol. The van der Waals surface area contributed by atoms with Crippen LogP contribution in [0.5, 0.6) is 5.75 Å². The maximum atomic E-state index is 11.9. The van der Waals surface area contributed by atoms with Crippen molar-refractivity contribution in [2.45, 2.75) is 0 Å². The molecule has 0 bridgehead atoms. The van der Waals surface area contributed by atoms with Crippen LogP contribution in [0.4, 0.5) is 17.1 Å². The molecule has 2 aromatic carbocycles. The van der Waals surface area contributed by atoms with Gasteiger partial charge in [0.25, 0.3) is 5.69 Å². The number of nitro groups is 1. The van der Waals surface area contributed by atoms with Crippen molar-refractivity contribution in [3.8, 4) is 5.75 Å². The standard InChI is InChI=1S/C18H19N5O5S2/c1-28-13-8-6-12(7-9-13)19-16(24)10-30-11-17(25)21-22-18(29)20-14-4-2-3-5-15(14)23(26)27/h2-9H,10-11H2,1H3,(H,19,24)(H,21,25)(H2,20,22,29). The number of carbonyl (C=O) groups is 2. The predicted octanol–water partition coefficient (Wildman–Crippen LogP) is 2.29. The van der Waals surface area contributed by atoms with Crippen LogP contribution in [0.3, 0.4) is 0 Å². The minimum Gasteiger partial charge on any atom is -0.497 e. The molecule has 0 aliphatic heterocycles. The van der Waals surface area contributed by atoms with Gasteiger partial charge in [-0.15, -0.1) is 11.8 Å². The van der Waals surface area contributed by atoms with Crippen LogP contribution >= 0.6 is 24.0 Å². The van der Waals surface area contributed by atoms with Crippen molar-refractivity contribution in [1.29, 1.82) is 0 Å². The van der Waals surface area contributed by atoms with Gasteiger partial charge in [-0.1, -0.05) is 12.1 Å². The maximum absolute atomic E-state index is 11.9. The number of thioether (sulfide) groups is 1. The number of hydrazine groups is 1. The monoisotopic (exact) mass is 449 g/mol. The van der Waals surface area contributed by atoms with Crippen molar-refractivity contribution in [2.75, 3.05) is 29.2 Å². The molecule has 0 heterocycles. The Morgan fingerprint density at radius 1 is 1.03 bits per heavy atom. The zero-order valence-electron chi connectivity index (χ0n) is 15.8. The minimum absolute atomic E-state index is 0.0110. The fraction of sp³-hybridized carbons (Fsp3) is 0.167. The highest BCUT2D eigenvalue weighted by atomic mass is 32.2. The molecule has 0 atom stereocenters. The van der Waals surface area contributed by atoms with Gasteiger partial charge >= 0.3 is 0 Å². The lowest BCUT2D eigenvalue weighted by Crippen LogP contribution is -2.44. The van der Waals surface area contributed by atoms with Gasteiger partial charge in [-0.25, -0.2) is 0 Å². The molecular formula is C18H19N5O5S2. The number of amides is 2. The Labute approximate surface area is 181 Å². The van der Waals surface area contributed by atoms with Crippen LogP contribution < -0.4 is 26.2 Å². The highest BCUT2D eigenvalue weighted by Crippen LogP contribution is 2.22. The van der Waals surface area contributed by atoms with E-state index in [1.807, 2.05) is 0 Å². The van der Waals surface area contributed by atoms with Crippen LogP contribution in [0.15, 0.2) is 48.5 Å². The molecule has 0 radical (unpaired) electrons. The van der Waals surface area contributed by atoms with Crippen LogP contribution in [0, 0.1) is 10.1 Å². The number of rotatable bonds is 8. The third-order valence-electron chi connectivity index (χ3n) is 3.50. The summed E-state index contributed by atoms with van der Waals surface area (Å²) in [6.45, 7) is 0. The normalized spacial score (nSPS) is 9.90. The molecule has 0 aliphatic rings. The number of nitro benzene ring substituents is 1. The number of ether oxygens (including phenoxy) is 1. The van der Waals surface area contributed by atoms with Gasteiger partial charge in [0.05, 0.1) is 23.5 Å². The molecule has 2 amide bonds. The second-order valence-corrected chi connectivity index (χ2v) is 7.06. The molecule has 10 nitrogen and oxygen atoms in total. The summed E-state index contributed by atoms with van der Waals surface area (Å²) < 4.78 is 5.04. The van der Waals surface area contributed by atoms with Crippen molar-refractivity contribution in [1.82, 2.24) is 10.9 Å². The van der Waals surface area contributed by atoms with E-state index in [0.29, 0.717) is 11.4 Å². The summed E-state index contributed by atoms with van der Waals surface area (Å²) >= 11 is 6.12. The summed E-state index contributed by atoms with van der Waals surface area (Å²) in [4.78, 5) is 34.2. The van der Waals surface area contributed by atoms with Crippen molar-refractivity contribution >= 4 is 58.0 Å². The summed E-state index contributed by atoms with van der Waals surface area (Å²) in [5.74, 6) is 0.111. The lowest BCUT2D eigenvalue weighted by molar-refractivity contribution is -0.383. The van der Waals surface area contributed by atoms with Crippen LogP contribution in [-0.2, 0) is 9.59 Å². The lowest BCUT2D eigenvalue weighted by atomic mass is 10.3. The van der Waals surface area contributed by atoms with E-state index in [1.54, 1.807) is 37.4 Å². The highest BCUT2D eigenvalue weighted by molar-refractivity contribution is 8.00. The SMILES string of the molecule is COc1ccc(NC(=O)CSCC(=O)NNC(=S)Nc2ccccc2[N+](=O)[O-])cc1. The molecule has 30 heavy (non-hydrogen) atoms. The van der Waals surface area contributed by atoms with Crippen molar-refractivity contribution in [3.63, 3.8) is 0 Å². The minimum atomic E-state index is -0.544. The van der Waals surface area contributed by atoms with Gasteiger partial charge in [0.2, 0.25) is 11.8 Å². The quantitative estimate of drug-likeness (QED) is 0.272. The van der Waals surface area contributed by atoms with Crippen LogP contribution in [-0.4, -0.2) is 40.5 Å². The Morgan fingerprint density at radius 3 is 2.37 bits per heavy atom. The first-order chi connectivity index (χ1) is 14.4. The summed E-state index contributed by atoms with van der Waals surface area (Å²) in [6.07, 6.45) is 0. The number of thiocarbonyl (C=S) groups is 1. The summed E-state index contributed by atoms with van der Waals surface area (Å²) in [5, 5.41) is 16.3. The number of hydrogen-bond donors (Lipinski definition) is 4. The number of nitrogens with zero attached hydrogens (tertiary/aromatic N) is 1. The lowest BCUT2D eigenvalue weighted by Gasteiger charge is -2.11. The first-order valence-corrected chi connectivity index (χ1v) is 10.1. The predicted molar refractivity (Wildman–Crippen MR) is 120 cm³/mol. The molecule has 0 fully saturated rings. The van der Waals surface area contributed by atoms with Crippen molar-refractivity contribution < 1.29 is 19.2 Å². The number of anilines is 2. The van der Waals surface area contributed by atoms with Gasteiger partial charge in [0.1, 0.15) is 11.4 Å². The van der Waals surface area contributed by atoms with Gasteiger partial charge in [-0.05, 0) is 42.5 Å². The summed E-state index contributed by atoms with van der Waals surface area (Å²) in [5.41, 5.74) is 5.49. The molecule has 12 heteroatoms. The Kier molecular flexibility index (Phi) is 8.84. The van der Waals surface area contributed by atoms with E-state index in [1.165, 1.54) is 18.2 Å². The zero-order chi connectivity index (χ0) is 21.9. The number of nitrogens with one attached hydrogen (secondary N) is 4. The Balaban J connectivity index is 1.67. The van der Waals surface area contributed by atoms with Gasteiger partial charge < -0.3 is 15.4 Å². The fourth-order valence-corrected chi connectivity index (χ4v) is 2.94. The first-order valence-electron chi connectivity index (χ1n) is 8.50. The van der Waals surface area contributed by atoms with E-state index >= 15 is 0 Å². The second-order valence-electron chi connectivity index (χ2n) is 5.67. The average molecular weight is 450 g/mol. The molecule has 158 valence electrons. The van der Waals surface area contributed by atoms with Gasteiger partial charge in [-0.2, -0.15) is 0 Å². The van der Waals surface area contributed by atoms with E-state index in [4.69, 9.17) is 17.0 Å². The van der Waals surface area contributed by atoms with Crippen molar-refractivity contribution in [3.05, 3.63) is 58.6 Å². The Hall–Kier alpha value is -3.38.